The van der Waals surface area contributed by atoms with Gasteiger partial charge in [0.15, 0.2) is 17.1 Å². The number of amides is 1. The van der Waals surface area contributed by atoms with Crippen LogP contribution < -0.4 is 14.4 Å². The number of aryl methyl sites for hydroxylation is 1. The van der Waals surface area contributed by atoms with Crippen molar-refractivity contribution in [2.24, 2.45) is 0 Å². The molecule has 160 valence electrons. The molecule has 1 amide bonds. The van der Waals surface area contributed by atoms with Crippen LogP contribution in [0.5, 0.6) is 11.5 Å². The van der Waals surface area contributed by atoms with E-state index in [9.17, 15) is 14.7 Å². The first-order chi connectivity index (χ1) is 14.3. The van der Waals surface area contributed by atoms with Crippen molar-refractivity contribution in [1.29, 1.82) is 0 Å². The number of unbranched alkanes of at least 4 members (excludes halogenated alkanes) is 1. The Morgan fingerprint density at radius 3 is 2.63 bits per heavy atom. The predicted molar refractivity (Wildman–Crippen MR) is 115 cm³/mol. The van der Waals surface area contributed by atoms with E-state index in [0.717, 1.165) is 24.0 Å². The molecular formula is C24H29NO5. The van der Waals surface area contributed by atoms with Crippen molar-refractivity contribution in [1.82, 2.24) is 0 Å². The Morgan fingerprint density at radius 2 is 1.97 bits per heavy atom. The van der Waals surface area contributed by atoms with E-state index in [-0.39, 0.29) is 18.7 Å². The van der Waals surface area contributed by atoms with E-state index in [1.165, 1.54) is 6.92 Å². The Hall–Kier alpha value is -2.86. The number of hydrogen-bond acceptors (Lipinski definition) is 5. The number of ketones is 1. The molecule has 6 heteroatoms. The molecule has 1 aliphatic rings. The maximum Gasteiger partial charge on any atom is 0.264 e. The molecule has 0 fully saturated rings. The molecule has 1 aliphatic heterocycles. The standard InChI is InChI=1S/C24H29NO5/c1-5-6-12-30-20-11-10-18(13-21(20)29-4)15-25-22-16(2)8-7-9-19(22)24(28,23(25)27)14-17(3)26/h7-11,13,28H,5-6,12,14-15H2,1-4H3. The molecule has 30 heavy (non-hydrogen) atoms. The lowest BCUT2D eigenvalue weighted by Crippen LogP contribution is -2.41. The number of hydrogen-bond donors (Lipinski definition) is 1. The van der Waals surface area contributed by atoms with Gasteiger partial charge >= 0.3 is 0 Å². The summed E-state index contributed by atoms with van der Waals surface area (Å²) in [6.45, 7) is 6.24. The van der Waals surface area contributed by atoms with Gasteiger partial charge in [-0.2, -0.15) is 0 Å². The number of Topliss-reactive ketones (excluding diaryl/α,β-unsaturated/α-hetero) is 1. The van der Waals surface area contributed by atoms with Crippen LogP contribution in [0.1, 0.15) is 49.8 Å². The van der Waals surface area contributed by atoms with E-state index < -0.39 is 11.5 Å². The fourth-order valence-corrected chi connectivity index (χ4v) is 3.91. The molecule has 6 nitrogen and oxygen atoms in total. The SMILES string of the molecule is CCCCOc1ccc(CN2C(=O)C(O)(CC(C)=O)c3cccc(C)c32)cc1OC. The number of carbonyl (C=O) groups excluding carboxylic acids is 2. The molecular weight excluding hydrogens is 382 g/mol. The van der Waals surface area contributed by atoms with Crippen molar-refractivity contribution in [3.63, 3.8) is 0 Å². The first kappa shape index (κ1) is 21.8. The summed E-state index contributed by atoms with van der Waals surface area (Å²) in [5.41, 5.74) is 1.01. The number of methoxy groups -OCH3 is 1. The summed E-state index contributed by atoms with van der Waals surface area (Å²) in [4.78, 5) is 26.6. The van der Waals surface area contributed by atoms with E-state index in [1.54, 1.807) is 24.1 Å². The monoisotopic (exact) mass is 411 g/mol. The van der Waals surface area contributed by atoms with Gasteiger partial charge in [0.1, 0.15) is 5.78 Å². The third-order valence-corrected chi connectivity index (χ3v) is 5.38. The van der Waals surface area contributed by atoms with E-state index in [4.69, 9.17) is 9.47 Å². The Balaban J connectivity index is 1.93. The quantitative estimate of drug-likeness (QED) is 0.634. The average molecular weight is 411 g/mol. The summed E-state index contributed by atoms with van der Waals surface area (Å²) < 4.78 is 11.3. The highest BCUT2D eigenvalue weighted by atomic mass is 16.5. The Kier molecular flexibility index (Phi) is 6.46. The number of ether oxygens (including phenoxy) is 2. The van der Waals surface area contributed by atoms with Gasteiger partial charge in [0.05, 0.1) is 25.9 Å². The van der Waals surface area contributed by atoms with Crippen LogP contribution in [0.15, 0.2) is 36.4 Å². The Morgan fingerprint density at radius 1 is 1.20 bits per heavy atom. The molecule has 0 aromatic heterocycles. The molecule has 0 aliphatic carbocycles. The highest BCUT2D eigenvalue weighted by Crippen LogP contribution is 2.45. The number of para-hydroxylation sites is 1. The first-order valence-electron chi connectivity index (χ1n) is 10.3. The van der Waals surface area contributed by atoms with E-state index in [2.05, 4.69) is 6.92 Å². The zero-order valence-corrected chi connectivity index (χ0v) is 18.0. The van der Waals surface area contributed by atoms with E-state index in [0.29, 0.717) is 29.4 Å². The lowest BCUT2D eigenvalue weighted by atomic mass is 9.89. The van der Waals surface area contributed by atoms with Crippen molar-refractivity contribution < 1.29 is 24.2 Å². The van der Waals surface area contributed by atoms with Crippen LogP contribution in [0.4, 0.5) is 5.69 Å². The lowest BCUT2D eigenvalue weighted by molar-refractivity contribution is -0.141. The smallest absolute Gasteiger partial charge is 0.264 e. The highest BCUT2D eigenvalue weighted by Gasteiger charge is 2.50. The average Bonchev–Trinajstić information content (AvgIpc) is 2.91. The molecule has 1 atom stereocenters. The minimum Gasteiger partial charge on any atom is -0.493 e. The number of anilines is 1. The zero-order valence-electron chi connectivity index (χ0n) is 18.0. The number of aliphatic hydroxyl groups is 1. The summed E-state index contributed by atoms with van der Waals surface area (Å²) in [5.74, 6) is 0.533. The predicted octanol–water partition coefficient (Wildman–Crippen LogP) is 3.90. The Bertz CT molecular complexity index is 955. The summed E-state index contributed by atoms with van der Waals surface area (Å²) >= 11 is 0. The number of rotatable bonds is 9. The maximum atomic E-state index is 13.2. The molecule has 0 bridgehead atoms. The molecule has 2 aromatic carbocycles. The van der Waals surface area contributed by atoms with Gasteiger partial charge in [-0.3, -0.25) is 9.59 Å². The number of carbonyl (C=O) groups is 2. The van der Waals surface area contributed by atoms with Crippen molar-refractivity contribution in [3.8, 4) is 11.5 Å². The zero-order chi connectivity index (χ0) is 21.9. The minimum absolute atomic E-state index is 0.240. The fourth-order valence-electron chi connectivity index (χ4n) is 3.91. The second-order valence-electron chi connectivity index (χ2n) is 7.79. The largest absolute Gasteiger partial charge is 0.493 e. The molecule has 0 spiro atoms. The van der Waals surface area contributed by atoms with Crippen molar-refractivity contribution in [3.05, 3.63) is 53.1 Å². The van der Waals surface area contributed by atoms with Gasteiger partial charge < -0.3 is 19.5 Å². The normalized spacial score (nSPS) is 17.8. The van der Waals surface area contributed by atoms with Crippen LogP contribution in [-0.4, -0.2) is 30.5 Å². The molecule has 1 unspecified atom stereocenters. The first-order valence-corrected chi connectivity index (χ1v) is 10.3. The summed E-state index contributed by atoms with van der Waals surface area (Å²) in [7, 11) is 1.58. The molecule has 3 rings (SSSR count). The fraction of sp³-hybridized carbons (Fsp3) is 0.417. The topological polar surface area (TPSA) is 76.1 Å². The van der Waals surface area contributed by atoms with Crippen molar-refractivity contribution >= 4 is 17.4 Å². The van der Waals surface area contributed by atoms with Gasteiger partial charge in [-0.1, -0.05) is 37.6 Å². The van der Waals surface area contributed by atoms with Gasteiger partial charge in [-0.05, 0) is 43.5 Å². The third-order valence-electron chi connectivity index (χ3n) is 5.38. The Labute approximate surface area is 177 Å². The van der Waals surface area contributed by atoms with Gasteiger partial charge in [-0.15, -0.1) is 0 Å². The maximum absolute atomic E-state index is 13.2. The number of fused-ring (bicyclic) bond motifs is 1. The summed E-state index contributed by atoms with van der Waals surface area (Å²) in [6.07, 6.45) is 1.75. The second-order valence-corrected chi connectivity index (χ2v) is 7.79. The van der Waals surface area contributed by atoms with Gasteiger partial charge in [0, 0.05) is 12.0 Å². The van der Waals surface area contributed by atoms with E-state index in [1.807, 2.05) is 31.2 Å². The summed E-state index contributed by atoms with van der Waals surface area (Å²) in [5, 5.41) is 11.2. The lowest BCUT2D eigenvalue weighted by Gasteiger charge is -2.23. The number of nitrogens with zero attached hydrogens (tertiary/aromatic N) is 1. The van der Waals surface area contributed by atoms with Crippen LogP contribution in [0, 0.1) is 6.92 Å². The van der Waals surface area contributed by atoms with E-state index >= 15 is 0 Å². The molecule has 0 radical (unpaired) electrons. The van der Waals surface area contributed by atoms with Crippen LogP contribution in [0.25, 0.3) is 0 Å². The minimum atomic E-state index is -1.83. The van der Waals surface area contributed by atoms with Gasteiger partial charge in [0.2, 0.25) is 0 Å². The van der Waals surface area contributed by atoms with Gasteiger partial charge in [-0.25, -0.2) is 0 Å². The second kappa shape index (κ2) is 8.88. The van der Waals surface area contributed by atoms with Crippen LogP contribution in [-0.2, 0) is 21.7 Å². The van der Waals surface area contributed by atoms with Crippen LogP contribution in [0.3, 0.4) is 0 Å². The van der Waals surface area contributed by atoms with Gasteiger partial charge in [0.25, 0.3) is 5.91 Å². The molecule has 0 saturated carbocycles. The molecule has 1 heterocycles. The molecule has 1 N–H and O–H groups in total. The van der Waals surface area contributed by atoms with Crippen molar-refractivity contribution in [2.45, 2.75) is 52.2 Å². The highest BCUT2D eigenvalue weighted by molar-refractivity contribution is 6.09. The third kappa shape index (κ3) is 4.05. The number of benzene rings is 2. The van der Waals surface area contributed by atoms with Crippen LogP contribution in [0.2, 0.25) is 0 Å². The molecule has 0 saturated heterocycles. The van der Waals surface area contributed by atoms with Crippen molar-refractivity contribution in [2.75, 3.05) is 18.6 Å². The van der Waals surface area contributed by atoms with Crippen LogP contribution >= 0.6 is 0 Å². The molecule has 2 aromatic rings. The summed E-state index contributed by atoms with van der Waals surface area (Å²) in [6, 6.07) is 11.0.